The van der Waals surface area contributed by atoms with Gasteiger partial charge in [-0.15, -0.1) is 0 Å². The van der Waals surface area contributed by atoms with E-state index in [-0.39, 0.29) is 10.2 Å². The fourth-order valence-corrected chi connectivity index (χ4v) is 4.93. The van der Waals surface area contributed by atoms with Crippen LogP contribution in [0.3, 0.4) is 0 Å². The summed E-state index contributed by atoms with van der Waals surface area (Å²) in [4.78, 5) is 27.9. The third-order valence-electron chi connectivity index (χ3n) is 3.55. The van der Waals surface area contributed by atoms with E-state index in [1.54, 1.807) is 17.8 Å². The zero-order valence-electron chi connectivity index (χ0n) is 13.1. The van der Waals surface area contributed by atoms with Gasteiger partial charge in [-0.1, -0.05) is 47.3 Å². The first-order valence-electron chi connectivity index (χ1n) is 7.33. The Balaban J connectivity index is 1.85. The molecule has 1 saturated heterocycles. The van der Waals surface area contributed by atoms with Gasteiger partial charge in [-0.2, -0.15) is 0 Å². The number of carbonyl (C=O) groups is 2. The van der Waals surface area contributed by atoms with Crippen LogP contribution in [0.15, 0.2) is 45.2 Å². The quantitative estimate of drug-likeness (QED) is 0.593. The van der Waals surface area contributed by atoms with Crippen molar-refractivity contribution >= 4 is 69.2 Å². The zero-order chi connectivity index (χ0) is 18.1. The first kappa shape index (κ1) is 18.3. The van der Waals surface area contributed by atoms with Crippen molar-refractivity contribution in [2.45, 2.75) is 11.8 Å². The maximum absolute atomic E-state index is 12.3. The number of thioether (sulfide) groups is 2. The molecule has 1 fully saturated rings. The fraction of sp³-hybridized carbons (Fsp3) is 0.188. The van der Waals surface area contributed by atoms with Crippen LogP contribution in [0, 0.1) is 0 Å². The van der Waals surface area contributed by atoms with Crippen LogP contribution in [0.4, 0.5) is 5.69 Å². The second kappa shape index (κ2) is 7.41. The molecule has 2 heterocycles. The van der Waals surface area contributed by atoms with Crippen molar-refractivity contribution in [1.82, 2.24) is 4.90 Å². The van der Waals surface area contributed by atoms with Crippen LogP contribution in [0.5, 0.6) is 0 Å². The predicted molar refractivity (Wildman–Crippen MR) is 106 cm³/mol. The molecule has 0 aromatic heterocycles. The lowest BCUT2D eigenvalue weighted by molar-refractivity contribution is -0.140. The van der Waals surface area contributed by atoms with Crippen LogP contribution >= 0.6 is 47.3 Å². The van der Waals surface area contributed by atoms with E-state index >= 15 is 0 Å². The summed E-state index contributed by atoms with van der Waals surface area (Å²) in [6.07, 6.45) is 3.55. The zero-order valence-corrected chi connectivity index (χ0v) is 16.3. The number of amides is 1. The first-order valence-corrected chi connectivity index (χ1v) is 9.75. The highest BCUT2D eigenvalue weighted by Crippen LogP contribution is 2.47. The summed E-state index contributed by atoms with van der Waals surface area (Å²) in [5.74, 6) is -1.47. The molecule has 0 spiro atoms. The number of hydrogen-bond acceptors (Lipinski definition) is 6. The number of allylic oxidation sites excluding steroid dienone is 2. The van der Waals surface area contributed by atoms with Gasteiger partial charge in [0.05, 0.1) is 15.6 Å². The number of nitrogens with zero attached hydrogens (tertiary/aromatic N) is 2. The van der Waals surface area contributed by atoms with Gasteiger partial charge in [0.2, 0.25) is 0 Å². The van der Waals surface area contributed by atoms with Gasteiger partial charge in [-0.3, -0.25) is 14.5 Å². The number of carbonyl (C=O) groups excluding carboxylic acids is 1. The van der Waals surface area contributed by atoms with Gasteiger partial charge in [0.15, 0.2) is 0 Å². The highest BCUT2D eigenvalue weighted by atomic mass is 35.5. The monoisotopic (exact) mass is 412 g/mol. The average Bonchev–Trinajstić information content (AvgIpc) is 3.03. The molecule has 5 nitrogen and oxygen atoms in total. The number of halogens is 1. The minimum atomic E-state index is -1.09. The van der Waals surface area contributed by atoms with Crippen molar-refractivity contribution < 1.29 is 14.7 Å². The minimum absolute atomic E-state index is 0.263. The minimum Gasteiger partial charge on any atom is -0.480 e. The molecule has 9 heteroatoms. The number of carboxylic acid groups (broad SMARTS) is 1. The molecule has 0 bridgehead atoms. The molecule has 1 aromatic rings. The second-order valence-corrected chi connectivity index (χ2v) is 8.32. The van der Waals surface area contributed by atoms with E-state index in [4.69, 9.17) is 28.9 Å². The Hall–Kier alpha value is -1.48. The molecule has 2 aliphatic rings. The van der Waals surface area contributed by atoms with E-state index in [0.29, 0.717) is 9.93 Å². The number of hydrogen-bond donors (Lipinski definition) is 1. The molecule has 1 N–H and O–H groups in total. The van der Waals surface area contributed by atoms with Gasteiger partial charge in [-0.05, 0) is 37.3 Å². The summed E-state index contributed by atoms with van der Waals surface area (Å²) in [7, 11) is 0. The highest BCUT2D eigenvalue weighted by molar-refractivity contribution is 8.26. The molecule has 0 aliphatic carbocycles. The number of anilines is 1. The van der Waals surface area contributed by atoms with Crippen LogP contribution < -0.4 is 4.90 Å². The molecule has 2 aliphatic heterocycles. The molecule has 1 aromatic carbocycles. The number of benzene rings is 1. The van der Waals surface area contributed by atoms with Gasteiger partial charge in [0, 0.05) is 16.5 Å². The highest BCUT2D eigenvalue weighted by Gasteiger charge is 2.33. The molecule has 3 rings (SSSR count). The summed E-state index contributed by atoms with van der Waals surface area (Å²) < 4.78 is 0.263. The molecule has 0 saturated carbocycles. The molecule has 1 amide bonds. The summed E-state index contributed by atoms with van der Waals surface area (Å²) in [6, 6.07) is 5.74. The van der Waals surface area contributed by atoms with Crippen LogP contribution in [0.1, 0.15) is 6.92 Å². The number of carboxylic acids is 1. The Morgan fingerprint density at radius 3 is 2.76 bits per heavy atom. The summed E-state index contributed by atoms with van der Waals surface area (Å²) in [6.45, 7) is 2.38. The van der Waals surface area contributed by atoms with E-state index in [1.165, 1.54) is 0 Å². The van der Waals surface area contributed by atoms with Gasteiger partial charge in [0.25, 0.3) is 5.91 Å². The SMILES string of the molecule is CCN1C(=CC=C2SC(=S)N(CC(=O)O)C2=O)Sc2ccc(Cl)cc21. The Morgan fingerprint density at radius 1 is 1.32 bits per heavy atom. The molecule has 130 valence electrons. The fourth-order valence-electron chi connectivity index (χ4n) is 2.46. The number of fused-ring (bicyclic) bond motifs is 1. The van der Waals surface area contributed by atoms with E-state index in [1.807, 2.05) is 31.2 Å². The second-order valence-electron chi connectivity index (χ2n) is 5.15. The average molecular weight is 413 g/mol. The number of rotatable bonds is 4. The molecular weight excluding hydrogens is 400 g/mol. The number of thiocarbonyl (C=S) groups is 1. The van der Waals surface area contributed by atoms with Gasteiger partial charge in [-0.25, -0.2) is 0 Å². The standard InChI is InChI=1S/C16H13ClN2O3S3/c1-2-18-10-7-9(17)3-4-11(10)24-13(18)6-5-12-15(22)19(8-14(20)21)16(23)25-12/h3-7H,2,8H2,1H3,(H,20,21). The maximum Gasteiger partial charge on any atom is 0.323 e. The predicted octanol–water partition coefficient (Wildman–Crippen LogP) is 3.94. The topological polar surface area (TPSA) is 60.9 Å². The normalized spacial score (nSPS) is 20.1. The van der Waals surface area contributed by atoms with Gasteiger partial charge in [0.1, 0.15) is 10.9 Å². The maximum atomic E-state index is 12.3. The van der Waals surface area contributed by atoms with Crippen molar-refractivity contribution in [3.63, 3.8) is 0 Å². The molecule has 0 atom stereocenters. The van der Waals surface area contributed by atoms with E-state index in [9.17, 15) is 9.59 Å². The van der Waals surface area contributed by atoms with Crippen molar-refractivity contribution in [1.29, 1.82) is 0 Å². The summed E-state index contributed by atoms with van der Waals surface area (Å²) >= 11 is 13.9. The summed E-state index contributed by atoms with van der Waals surface area (Å²) in [5, 5.41) is 10.5. The van der Waals surface area contributed by atoms with E-state index in [2.05, 4.69) is 4.90 Å². The van der Waals surface area contributed by atoms with Crippen molar-refractivity contribution in [2.75, 3.05) is 18.0 Å². The largest absolute Gasteiger partial charge is 0.480 e. The lowest BCUT2D eigenvalue weighted by atomic mass is 10.3. The Labute approximate surface area is 163 Å². The summed E-state index contributed by atoms with van der Waals surface area (Å²) in [5.41, 5.74) is 1.04. The lowest BCUT2D eigenvalue weighted by Gasteiger charge is -2.17. The van der Waals surface area contributed by atoms with Gasteiger partial charge < -0.3 is 10.0 Å². The lowest BCUT2D eigenvalue weighted by Crippen LogP contribution is -2.33. The molecule has 0 radical (unpaired) electrons. The number of aliphatic carboxylic acids is 1. The smallest absolute Gasteiger partial charge is 0.323 e. The Morgan fingerprint density at radius 2 is 2.08 bits per heavy atom. The molecule has 0 unspecified atom stereocenters. The van der Waals surface area contributed by atoms with Crippen molar-refractivity contribution in [2.24, 2.45) is 0 Å². The van der Waals surface area contributed by atoms with Crippen molar-refractivity contribution in [3.8, 4) is 0 Å². The Bertz CT molecular complexity index is 838. The Kier molecular flexibility index (Phi) is 5.43. The van der Waals surface area contributed by atoms with Gasteiger partial charge >= 0.3 is 5.97 Å². The van der Waals surface area contributed by atoms with Crippen LogP contribution in [-0.2, 0) is 9.59 Å². The third-order valence-corrected chi connectivity index (χ3v) is 6.31. The van der Waals surface area contributed by atoms with E-state index < -0.39 is 12.5 Å². The molecular formula is C16H13ClN2O3S3. The van der Waals surface area contributed by atoms with Crippen molar-refractivity contribution in [3.05, 3.63) is 45.3 Å². The van der Waals surface area contributed by atoms with E-state index in [0.717, 1.165) is 38.8 Å². The van der Waals surface area contributed by atoms with Crippen LogP contribution in [0.25, 0.3) is 0 Å². The van der Waals surface area contributed by atoms with Crippen LogP contribution in [0.2, 0.25) is 5.02 Å². The third kappa shape index (κ3) is 3.72. The van der Waals surface area contributed by atoms with Crippen LogP contribution in [-0.4, -0.2) is 39.3 Å². The first-order chi connectivity index (χ1) is 11.9. The molecule has 25 heavy (non-hydrogen) atoms.